The number of anilines is 1. The molecule has 0 amide bonds. The molecule has 1 aromatic heterocycles. The molecule has 0 bridgehead atoms. The number of nitrogens with one attached hydrogen (secondary N) is 1. The second-order valence-electron chi connectivity index (χ2n) is 5.55. The molecule has 116 valence electrons. The summed E-state index contributed by atoms with van der Waals surface area (Å²) >= 11 is 3.29. The van der Waals surface area contributed by atoms with Crippen LogP contribution >= 0.6 is 15.9 Å². The van der Waals surface area contributed by atoms with E-state index in [0.29, 0.717) is 12.6 Å². The smallest absolute Gasteiger partial charge is 0.129 e. The Morgan fingerprint density at radius 3 is 3.05 bits per heavy atom. The largest absolute Gasteiger partial charge is 0.366 e. The maximum atomic E-state index is 14.0. The van der Waals surface area contributed by atoms with E-state index in [-0.39, 0.29) is 5.82 Å². The molecule has 1 aliphatic rings. The number of rotatable bonds is 4. The molecule has 0 spiro atoms. The first-order valence-corrected chi connectivity index (χ1v) is 8.19. The van der Waals surface area contributed by atoms with E-state index >= 15 is 0 Å². The van der Waals surface area contributed by atoms with Crippen LogP contribution in [0.5, 0.6) is 0 Å². The van der Waals surface area contributed by atoms with Crippen LogP contribution in [-0.2, 0) is 6.54 Å². The average molecular weight is 365 g/mol. The molecule has 1 aromatic carbocycles. The van der Waals surface area contributed by atoms with Crippen LogP contribution < -0.4 is 5.32 Å². The molecular formula is C16H18BrFN4. The highest BCUT2D eigenvalue weighted by Gasteiger charge is 2.21. The standard InChI is InChI=1S/C16H18BrFN4/c17-13-4-3-12(15(18)8-13)9-22-7-1-2-14(10-22)21-16-5-6-19-11-20-16/h3-6,8,11,14H,1-2,7,9-10H2,(H,19,20,21). The Hall–Kier alpha value is -1.53. The average Bonchev–Trinajstić information content (AvgIpc) is 2.52. The van der Waals surface area contributed by atoms with Gasteiger partial charge in [-0.15, -0.1) is 0 Å². The molecular weight excluding hydrogens is 347 g/mol. The molecule has 1 fully saturated rings. The van der Waals surface area contributed by atoms with Crippen molar-refractivity contribution in [3.8, 4) is 0 Å². The summed E-state index contributed by atoms with van der Waals surface area (Å²) in [6.45, 7) is 2.53. The summed E-state index contributed by atoms with van der Waals surface area (Å²) in [5.74, 6) is 0.692. The number of hydrogen-bond acceptors (Lipinski definition) is 4. The number of halogens is 2. The van der Waals surface area contributed by atoms with E-state index in [1.807, 2.05) is 18.2 Å². The summed E-state index contributed by atoms with van der Waals surface area (Å²) in [6.07, 6.45) is 5.47. The third kappa shape index (κ3) is 4.01. The van der Waals surface area contributed by atoms with Crippen LogP contribution in [0.15, 0.2) is 41.3 Å². The first-order valence-electron chi connectivity index (χ1n) is 7.39. The minimum Gasteiger partial charge on any atom is -0.366 e. The van der Waals surface area contributed by atoms with Crippen LogP contribution in [0.2, 0.25) is 0 Å². The Morgan fingerprint density at radius 1 is 1.36 bits per heavy atom. The lowest BCUT2D eigenvalue weighted by molar-refractivity contribution is 0.206. The molecule has 0 radical (unpaired) electrons. The van der Waals surface area contributed by atoms with Gasteiger partial charge in [0.25, 0.3) is 0 Å². The van der Waals surface area contributed by atoms with Crippen molar-refractivity contribution in [2.75, 3.05) is 18.4 Å². The molecule has 1 saturated heterocycles. The second-order valence-corrected chi connectivity index (χ2v) is 6.46. The molecule has 2 aromatic rings. The second kappa shape index (κ2) is 7.15. The van der Waals surface area contributed by atoms with Gasteiger partial charge in [-0.3, -0.25) is 4.90 Å². The van der Waals surface area contributed by atoms with Gasteiger partial charge in [0.05, 0.1) is 0 Å². The van der Waals surface area contributed by atoms with Crippen molar-refractivity contribution >= 4 is 21.7 Å². The van der Waals surface area contributed by atoms with E-state index in [1.54, 1.807) is 12.5 Å². The minimum atomic E-state index is -0.153. The van der Waals surface area contributed by atoms with Crippen LogP contribution in [0, 0.1) is 5.82 Å². The van der Waals surface area contributed by atoms with Crippen molar-refractivity contribution in [1.82, 2.24) is 14.9 Å². The van der Waals surface area contributed by atoms with Crippen LogP contribution in [0.3, 0.4) is 0 Å². The van der Waals surface area contributed by atoms with Crippen LogP contribution in [0.25, 0.3) is 0 Å². The number of nitrogens with zero attached hydrogens (tertiary/aromatic N) is 3. The summed E-state index contributed by atoms with van der Waals surface area (Å²) in [5.41, 5.74) is 0.742. The third-order valence-corrected chi connectivity index (χ3v) is 4.34. The molecule has 22 heavy (non-hydrogen) atoms. The highest BCUT2D eigenvalue weighted by atomic mass is 79.9. The molecule has 1 N–H and O–H groups in total. The van der Waals surface area contributed by atoms with Crippen molar-refractivity contribution in [1.29, 1.82) is 0 Å². The van der Waals surface area contributed by atoms with E-state index in [1.165, 1.54) is 6.07 Å². The predicted octanol–water partition coefficient (Wildman–Crippen LogP) is 3.45. The molecule has 1 aliphatic heterocycles. The van der Waals surface area contributed by atoms with Crippen LogP contribution in [0.1, 0.15) is 18.4 Å². The summed E-state index contributed by atoms with van der Waals surface area (Å²) < 4.78 is 14.7. The van der Waals surface area contributed by atoms with Gasteiger partial charge in [-0.2, -0.15) is 0 Å². The number of hydrogen-bond donors (Lipinski definition) is 1. The van der Waals surface area contributed by atoms with E-state index in [0.717, 1.165) is 41.8 Å². The van der Waals surface area contributed by atoms with E-state index in [9.17, 15) is 4.39 Å². The highest BCUT2D eigenvalue weighted by Crippen LogP contribution is 2.20. The minimum absolute atomic E-state index is 0.153. The van der Waals surface area contributed by atoms with E-state index < -0.39 is 0 Å². The fourth-order valence-corrected chi connectivity index (χ4v) is 3.13. The summed E-state index contributed by atoms with van der Waals surface area (Å²) in [7, 11) is 0. The van der Waals surface area contributed by atoms with E-state index in [4.69, 9.17) is 0 Å². The Labute approximate surface area is 137 Å². The van der Waals surface area contributed by atoms with Gasteiger partial charge >= 0.3 is 0 Å². The molecule has 4 nitrogen and oxygen atoms in total. The Balaban J connectivity index is 1.61. The van der Waals surface area contributed by atoms with Crippen LogP contribution in [0.4, 0.5) is 10.2 Å². The predicted molar refractivity (Wildman–Crippen MR) is 88.1 cm³/mol. The van der Waals surface area contributed by atoms with Gasteiger partial charge in [0.2, 0.25) is 0 Å². The zero-order valence-corrected chi connectivity index (χ0v) is 13.8. The summed E-state index contributed by atoms with van der Waals surface area (Å²) in [6, 6.07) is 7.46. The first-order chi connectivity index (χ1) is 10.7. The molecule has 0 aliphatic carbocycles. The molecule has 1 unspecified atom stereocenters. The molecule has 0 saturated carbocycles. The Bertz CT molecular complexity index is 623. The third-order valence-electron chi connectivity index (χ3n) is 3.85. The van der Waals surface area contributed by atoms with Gasteiger partial charge in [0, 0.05) is 35.4 Å². The van der Waals surface area contributed by atoms with Gasteiger partial charge in [-0.1, -0.05) is 22.0 Å². The van der Waals surface area contributed by atoms with Gasteiger partial charge in [-0.05, 0) is 37.6 Å². The molecule has 3 rings (SSSR count). The SMILES string of the molecule is Fc1cc(Br)ccc1CN1CCCC(Nc2ccncn2)C1. The Morgan fingerprint density at radius 2 is 2.27 bits per heavy atom. The lowest BCUT2D eigenvalue weighted by Gasteiger charge is -2.33. The van der Waals surface area contributed by atoms with Gasteiger partial charge < -0.3 is 5.32 Å². The normalized spacial score (nSPS) is 19.1. The van der Waals surface area contributed by atoms with Crippen LogP contribution in [-0.4, -0.2) is 34.0 Å². The van der Waals surface area contributed by atoms with Gasteiger partial charge in [0.15, 0.2) is 0 Å². The fraction of sp³-hybridized carbons (Fsp3) is 0.375. The van der Waals surface area contributed by atoms with Crippen molar-refractivity contribution < 1.29 is 4.39 Å². The number of benzene rings is 1. The highest BCUT2D eigenvalue weighted by molar-refractivity contribution is 9.10. The van der Waals surface area contributed by atoms with Crippen molar-refractivity contribution in [3.05, 3.63) is 52.6 Å². The van der Waals surface area contributed by atoms with Gasteiger partial charge in [0.1, 0.15) is 18.0 Å². The zero-order valence-electron chi connectivity index (χ0n) is 12.2. The number of aromatic nitrogens is 2. The van der Waals surface area contributed by atoms with E-state index in [2.05, 4.69) is 36.1 Å². The number of piperidine rings is 1. The zero-order chi connectivity index (χ0) is 15.4. The topological polar surface area (TPSA) is 41.0 Å². The monoisotopic (exact) mass is 364 g/mol. The van der Waals surface area contributed by atoms with Crippen molar-refractivity contribution in [3.63, 3.8) is 0 Å². The lowest BCUT2D eigenvalue weighted by Crippen LogP contribution is -2.41. The number of likely N-dealkylation sites (tertiary alicyclic amines) is 1. The fourth-order valence-electron chi connectivity index (χ4n) is 2.79. The molecule has 2 heterocycles. The molecule has 6 heteroatoms. The summed E-state index contributed by atoms with van der Waals surface area (Å²) in [5, 5.41) is 3.43. The molecule has 1 atom stereocenters. The maximum absolute atomic E-state index is 14.0. The Kier molecular flexibility index (Phi) is 5.00. The van der Waals surface area contributed by atoms with Crippen molar-refractivity contribution in [2.45, 2.75) is 25.4 Å². The maximum Gasteiger partial charge on any atom is 0.129 e. The lowest BCUT2D eigenvalue weighted by atomic mass is 10.0. The first kappa shape index (κ1) is 15.4. The van der Waals surface area contributed by atoms with Crippen molar-refractivity contribution in [2.24, 2.45) is 0 Å². The quantitative estimate of drug-likeness (QED) is 0.901. The summed E-state index contributed by atoms with van der Waals surface area (Å²) in [4.78, 5) is 10.4. The van der Waals surface area contributed by atoms with Gasteiger partial charge in [-0.25, -0.2) is 14.4 Å².